The zero-order valence-electron chi connectivity index (χ0n) is 16.5. The summed E-state index contributed by atoms with van der Waals surface area (Å²) < 4.78 is 5.24. The van der Waals surface area contributed by atoms with Crippen LogP contribution in [0.4, 0.5) is 5.69 Å². The average molecular weight is 364 g/mol. The van der Waals surface area contributed by atoms with Crippen molar-refractivity contribution in [3.8, 4) is 5.75 Å². The number of amides is 1. The third-order valence-corrected chi connectivity index (χ3v) is 5.94. The summed E-state index contributed by atoms with van der Waals surface area (Å²) in [5, 5.41) is 0. The normalized spacial score (nSPS) is 18.3. The van der Waals surface area contributed by atoms with E-state index < -0.39 is 0 Å². The highest BCUT2D eigenvalue weighted by molar-refractivity contribution is 5.91. The number of carbonyl (C=O) groups excluding carboxylic acids is 1. The number of ether oxygens (including phenoxy) is 1. The summed E-state index contributed by atoms with van der Waals surface area (Å²) in [6.07, 6.45) is 1.96. The van der Waals surface area contributed by atoms with Gasteiger partial charge in [-0.2, -0.15) is 0 Å². The highest BCUT2D eigenvalue weighted by Gasteiger charge is 2.53. The summed E-state index contributed by atoms with van der Waals surface area (Å²) in [6, 6.07) is 14.7. The third kappa shape index (κ3) is 3.41. The number of nitrogens with zero attached hydrogens (tertiary/aromatic N) is 2. The van der Waals surface area contributed by atoms with Gasteiger partial charge in [0.15, 0.2) is 0 Å². The highest BCUT2D eigenvalue weighted by Crippen LogP contribution is 2.50. The van der Waals surface area contributed by atoms with Crippen molar-refractivity contribution in [1.82, 2.24) is 4.90 Å². The Balaban J connectivity index is 1.44. The molecule has 2 aliphatic rings. The minimum absolute atomic E-state index is 0.265. The van der Waals surface area contributed by atoms with Crippen LogP contribution in [0.15, 0.2) is 42.5 Å². The number of rotatable bonds is 4. The molecule has 1 aliphatic carbocycles. The monoisotopic (exact) mass is 364 g/mol. The van der Waals surface area contributed by atoms with Crippen LogP contribution < -0.4 is 9.64 Å². The lowest BCUT2D eigenvalue weighted by molar-refractivity contribution is -0.134. The summed E-state index contributed by atoms with van der Waals surface area (Å²) in [6.45, 7) is 7.56. The first-order chi connectivity index (χ1) is 13.0. The van der Waals surface area contributed by atoms with Crippen molar-refractivity contribution in [3.05, 3.63) is 59.2 Å². The fraction of sp³-hybridized carbons (Fsp3) is 0.435. The zero-order valence-corrected chi connectivity index (χ0v) is 16.5. The van der Waals surface area contributed by atoms with Crippen molar-refractivity contribution in [1.29, 1.82) is 0 Å². The first-order valence-electron chi connectivity index (χ1n) is 9.79. The van der Waals surface area contributed by atoms with Gasteiger partial charge in [0.25, 0.3) is 0 Å². The van der Waals surface area contributed by atoms with E-state index in [0.717, 1.165) is 44.8 Å². The summed E-state index contributed by atoms with van der Waals surface area (Å²) in [4.78, 5) is 17.7. The SMILES string of the molecule is COc1ccc(N2CCN(C(=O)C3(c4cc(C)cc(C)c4)CC3)CC2)cc1. The molecule has 4 rings (SSSR count). The van der Waals surface area contributed by atoms with Gasteiger partial charge in [-0.25, -0.2) is 0 Å². The molecule has 0 bridgehead atoms. The van der Waals surface area contributed by atoms with Crippen molar-refractivity contribution < 1.29 is 9.53 Å². The van der Waals surface area contributed by atoms with Crippen LogP contribution in [-0.4, -0.2) is 44.1 Å². The first-order valence-corrected chi connectivity index (χ1v) is 9.79. The van der Waals surface area contributed by atoms with E-state index in [1.54, 1.807) is 7.11 Å². The smallest absolute Gasteiger partial charge is 0.233 e. The molecule has 2 aromatic carbocycles. The van der Waals surface area contributed by atoms with Gasteiger partial charge in [0.1, 0.15) is 5.75 Å². The van der Waals surface area contributed by atoms with Crippen molar-refractivity contribution in [2.75, 3.05) is 38.2 Å². The molecule has 0 atom stereocenters. The van der Waals surface area contributed by atoms with Gasteiger partial charge in [-0.05, 0) is 56.5 Å². The van der Waals surface area contributed by atoms with Gasteiger partial charge in [-0.1, -0.05) is 29.3 Å². The van der Waals surface area contributed by atoms with Gasteiger partial charge in [0, 0.05) is 31.9 Å². The predicted molar refractivity (Wildman–Crippen MR) is 109 cm³/mol. The Morgan fingerprint density at radius 2 is 1.52 bits per heavy atom. The molecule has 1 aliphatic heterocycles. The number of carbonyl (C=O) groups is 1. The summed E-state index contributed by atoms with van der Waals surface area (Å²) >= 11 is 0. The first kappa shape index (κ1) is 17.9. The molecule has 2 fully saturated rings. The van der Waals surface area contributed by atoms with E-state index in [2.05, 4.69) is 54.0 Å². The molecule has 27 heavy (non-hydrogen) atoms. The lowest BCUT2D eigenvalue weighted by Gasteiger charge is -2.38. The predicted octanol–water partition coefficient (Wildman–Crippen LogP) is 3.69. The second kappa shape index (κ2) is 6.91. The van der Waals surface area contributed by atoms with E-state index >= 15 is 0 Å². The van der Waals surface area contributed by atoms with Crippen LogP contribution in [0.25, 0.3) is 0 Å². The molecule has 1 saturated carbocycles. The van der Waals surface area contributed by atoms with Crippen molar-refractivity contribution in [2.24, 2.45) is 0 Å². The van der Waals surface area contributed by atoms with Crippen LogP contribution >= 0.6 is 0 Å². The van der Waals surface area contributed by atoms with Crippen molar-refractivity contribution in [2.45, 2.75) is 32.1 Å². The van der Waals surface area contributed by atoms with E-state index in [0.29, 0.717) is 5.91 Å². The van der Waals surface area contributed by atoms with Crippen LogP contribution in [0.1, 0.15) is 29.5 Å². The minimum Gasteiger partial charge on any atom is -0.497 e. The van der Waals surface area contributed by atoms with E-state index in [9.17, 15) is 4.79 Å². The van der Waals surface area contributed by atoms with Crippen LogP contribution in [0.5, 0.6) is 5.75 Å². The van der Waals surface area contributed by atoms with Gasteiger partial charge in [-0.15, -0.1) is 0 Å². The molecule has 2 aromatic rings. The Morgan fingerprint density at radius 1 is 0.926 bits per heavy atom. The van der Waals surface area contributed by atoms with Crippen LogP contribution in [0.2, 0.25) is 0 Å². The number of aryl methyl sites for hydroxylation is 2. The summed E-state index contributed by atoms with van der Waals surface area (Å²) in [5.74, 6) is 1.19. The van der Waals surface area contributed by atoms with Crippen LogP contribution in [0, 0.1) is 13.8 Å². The lowest BCUT2D eigenvalue weighted by Crippen LogP contribution is -2.51. The molecule has 0 spiro atoms. The van der Waals surface area contributed by atoms with E-state index in [-0.39, 0.29) is 5.41 Å². The number of piperazine rings is 1. The number of hydrogen-bond acceptors (Lipinski definition) is 3. The minimum atomic E-state index is -0.265. The maximum Gasteiger partial charge on any atom is 0.233 e. The second-order valence-electron chi connectivity index (χ2n) is 7.94. The average Bonchev–Trinajstić information content (AvgIpc) is 3.49. The Labute approximate surface area is 161 Å². The molecular formula is C23H28N2O2. The molecule has 0 N–H and O–H groups in total. The molecule has 0 aromatic heterocycles. The molecule has 4 nitrogen and oxygen atoms in total. The van der Waals surface area contributed by atoms with E-state index in [1.165, 1.54) is 22.4 Å². The van der Waals surface area contributed by atoms with Gasteiger partial charge < -0.3 is 14.5 Å². The molecule has 0 radical (unpaired) electrons. The Bertz CT molecular complexity index is 812. The number of methoxy groups -OCH3 is 1. The van der Waals surface area contributed by atoms with Crippen LogP contribution in [0.3, 0.4) is 0 Å². The number of hydrogen-bond donors (Lipinski definition) is 0. The summed E-state index contributed by atoms with van der Waals surface area (Å²) in [5.41, 5.74) is 4.63. The summed E-state index contributed by atoms with van der Waals surface area (Å²) in [7, 11) is 1.68. The van der Waals surface area contributed by atoms with Gasteiger partial charge in [-0.3, -0.25) is 4.79 Å². The Hall–Kier alpha value is -2.49. The largest absolute Gasteiger partial charge is 0.497 e. The Morgan fingerprint density at radius 3 is 2.04 bits per heavy atom. The van der Waals surface area contributed by atoms with Crippen molar-refractivity contribution >= 4 is 11.6 Å². The fourth-order valence-electron chi connectivity index (χ4n) is 4.27. The topological polar surface area (TPSA) is 32.8 Å². The number of benzene rings is 2. The Kier molecular flexibility index (Phi) is 4.58. The van der Waals surface area contributed by atoms with E-state index in [4.69, 9.17) is 4.74 Å². The second-order valence-corrected chi connectivity index (χ2v) is 7.94. The van der Waals surface area contributed by atoms with Gasteiger partial charge >= 0.3 is 0 Å². The number of anilines is 1. The fourth-order valence-corrected chi connectivity index (χ4v) is 4.27. The standard InChI is InChI=1S/C23H28N2O2/c1-17-14-18(2)16-19(15-17)23(8-9-23)22(26)25-12-10-24(11-13-25)20-4-6-21(27-3)7-5-20/h4-7,14-16H,8-13H2,1-3H3. The molecule has 1 amide bonds. The maximum atomic E-state index is 13.3. The molecule has 1 heterocycles. The maximum absolute atomic E-state index is 13.3. The van der Waals surface area contributed by atoms with E-state index in [1.807, 2.05) is 12.1 Å². The molecular weight excluding hydrogens is 336 g/mol. The quantitative estimate of drug-likeness (QED) is 0.829. The lowest BCUT2D eigenvalue weighted by atomic mass is 9.91. The van der Waals surface area contributed by atoms with Crippen molar-refractivity contribution in [3.63, 3.8) is 0 Å². The van der Waals surface area contributed by atoms with Gasteiger partial charge in [0.2, 0.25) is 5.91 Å². The molecule has 142 valence electrons. The molecule has 0 unspecified atom stereocenters. The zero-order chi connectivity index (χ0) is 19.0. The third-order valence-electron chi connectivity index (χ3n) is 5.94. The highest BCUT2D eigenvalue weighted by atomic mass is 16.5. The molecule has 1 saturated heterocycles. The van der Waals surface area contributed by atoms with Gasteiger partial charge in [0.05, 0.1) is 12.5 Å². The molecule has 4 heteroatoms. The van der Waals surface area contributed by atoms with Crippen LogP contribution in [-0.2, 0) is 10.2 Å².